The Labute approximate surface area is 163 Å². The number of amides is 2. The molecule has 2 aliphatic heterocycles. The number of hydrogen-bond donors (Lipinski definition) is 1. The van der Waals surface area contributed by atoms with Crippen LogP contribution in [0.2, 0.25) is 0 Å². The third kappa shape index (κ3) is 3.02. The minimum atomic E-state index is -1.57. The van der Waals surface area contributed by atoms with E-state index in [0.717, 1.165) is 11.4 Å². The zero-order valence-electron chi connectivity index (χ0n) is 16.0. The number of nitrogens with zero attached hydrogens (tertiary/aromatic N) is 2. The normalized spacial score (nSPS) is 21.4. The summed E-state index contributed by atoms with van der Waals surface area (Å²) in [5.74, 6) is 0.550. The summed E-state index contributed by atoms with van der Waals surface area (Å²) >= 11 is 0. The van der Waals surface area contributed by atoms with E-state index in [4.69, 9.17) is 9.47 Å². The van der Waals surface area contributed by atoms with Gasteiger partial charge in [0.25, 0.3) is 17.4 Å². The fraction of sp³-hybridized carbons (Fsp3) is 0.333. The molecule has 7 nitrogen and oxygen atoms in total. The third-order valence-corrected chi connectivity index (χ3v) is 5.28. The van der Waals surface area contributed by atoms with Gasteiger partial charge in [0.05, 0.1) is 18.5 Å². The van der Waals surface area contributed by atoms with Gasteiger partial charge in [0.15, 0.2) is 0 Å². The van der Waals surface area contributed by atoms with Crippen molar-refractivity contribution in [3.8, 4) is 11.5 Å². The highest BCUT2D eigenvalue weighted by molar-refractivity contribution is 6.15. The minimum absolute atomic E-state index is 0.320. The second-order valence-corrected chi connectivity index (χ2v) is 7.04. The molecule has 0 bridgehead atoms. The minimum Gasteiger partial charge on any atom is -0.495 e. The van der Waals surface area contributed by atoms with E-state index in [9.17, 15) is 9.59 Å². The van der Waals surface area contributed by atoms with E-state index < -0.39 is 11.5 Å². The molecule has 28 heavy (non-hydrogen) atoms. The first-order valence-electron chi connectivity index (χ1n) is 9.30. The lowest BCUT2D eigenvalue weighted by molar-refractivity contribution is -0.154. The maximum absolute atomic E-state index is 13.2. The smallest absolute Gasteiger partial charge is 0.278 e. The molecule has 2 aromatic rings. The molecule has 1 N–H and O–H groups in total. The van der Waals surface area contributed by atoms with Crippen molar-refractivity contribution in [2.75, 3.05) is 43.5 Å². The van der Waals surface area contributed by atoms with Crippen molar-refractivity contribution in [1.82, 2.24) is 4.90 Å². The molecule has 0 aromatic heterocycles. The van der Waals surface area contributed by atoms with E-state index in [0.29, 0.717) is 37.6 Å². The van der Waals surface area contributed by atoms with Gasteiger partial charge in [-0.05, 0) is 31.2 Å². The standard InChI is InChI=1S/C21H23N3O4/c1-21(19(25)22-15-7-3-5-9-17(15)28-21)20(26)24-13-11-23(12-14-24)16-8-4-6-10-18(16)27-2/h3-10H,11-14H2,1-2H3,(H,22,25). The molecule has 2 aromatic carbocycles. The molecule has 146 valence electrons. The number of anilines is 2. The molecule has 2 aliphatic rings. The molecule has 1 fully saturated rings. The van der Waals surface area contributed by atoms with Gasteiger partial charge in [-0.15, -0.1) is 0 Å². The van der Waals surface area contributed by atoms with Gasteiger partial charge in [-0.3, -0.25) is 9.59 Å². The number of nitrogens with one attached hydrogen (secondary N) is 1. The van der Waals surface area contributed by atoms with Gasteiger partial charge in [-0.1, -0.05) is 24.3 Å². The highest BCUT2D eigenvalue weighted by Gasteiger charge is 2.49. The molecule has 0 aliphatic carbocycles. The maximum Gasteiger partial charge on any atom is 0.278 e. The summed E-state index contributed by atoms with van der Waals surface area (Å²) < 4.78 is 11.3. The third-order valence-electron chi connectivity index (χ3n) is 5.28. The average molecular weight is 381 g/mol. The molecular weight excluding hydrogens is 358 g/mol. The summed E-state index contributed by atoms with van der Waals surface area (Å²) in [5.41, 5.74) is 0.0173. The van der Waals surface area contributed by atoms with Crippen LogP contribution in [0.15, 0.2) is 48.5 Å². The van der Waals surface area contributed by atoms with Crippen LogP contribution in [0.1, 0.15) is 6.92 Å². The van der Waals surface area contributed by atoms with Gasteiger partial charge >= 0.3 is 0 Å². The Bertz CT molecular complexity index is 908. The van der Waals surface area contributed by atoms with E-state index in [2.05, 4.69) is 10.2 Å². The number of piperazine rings is 1. The molecule has 0 spiro atoms. The summed E-state index contributed by atoms with van der Waals surface area (Å²) in [4.78, 5) is 29.7. The van der Waals surface area contributed by atoms with Gasteiger partial charge < -0.3 is 24.6 Å². The van der Waals surface area contributed by atoms with Gasteiger partial charge in [-0.25, -0.2) is 0 Å². The maximum atomic E-state index is 13.2. The fourth-order valence-corrected chi connectivity index (χ4v) is 3.65. The molecule has 7 heteroatoms. The van der Waals surface area contributed by atoms with Crippen LogP contribution in [0.3, 0.4) is 0 Å². The molecule has 2 amide bonds. The molecule has 1 atom stereocenters. The lowest BCUT2D eigenvalue weighted by Crippen LogP contribution is -2.62. The molecule has 1 unspecified atom stereocenters. The Morgan fingerprint density at radius 1 is 1.07 bits per heavy atom. The topological polar surface area (TPSA) is 71.1 Å². The van der Waals surface area contributed by atoms with Crippen LogP contribution >= 0.6 is 0 Å². The molecule has 0 radical (unpaired) electrons. The summed E-state index contributed by atoms with van der Waals surface area (Å²) in [7, 11) is 1.65. The highest BCUT2D eigenvalue weighted by Crippen LogP contribution is 2.34. The summed E-state index contributed by atoms with van der Waals surface area (Å²) in [6.45, 7) is 3.85. The van der Waals surface area contributed by atoms with E-state index in [1.165, 1.54) is 6.92 Å². The Kier molecular flexibility index (Phi) is 4.58. The Morgan fingerprint density at radius 3 is 2.50 bits per heavy atom. The average Bonchev–Trinajstić information content (AvgIpc) is 2.74. The van der Waals surface area contributed by atoms with Gasteiger partial charge in [-0.2, -0.15) is 0 Å². The zero-order valence-corrected chi connectivity index (χ0v) is 16.0. The zero-order chi connectivity index (χ0) is 19.7. The first-order chi connectivity index (χ1) is 13.5. The second-order valence-electron chi connectivity index (χ2n) is 7.04. The molecule has 4 rings (SSSR count). The molecule has 0 saturated carbocycles. The lowest BCUT2D eigenvalue weighted by Gasteiger charge is -2.41. The van der Waals surface area contributed by atoms with Crippen LogP contribution in [0.4, 0.5) is 11.4 Å². The van der Waals surface area contributed by atoms with E-state index in [1.54, 1.807) is 24.1 Å². The molecular formula is C21H23N3O4. The van der Waals surface area contributed by atoms with Crippen molar-refractivity contribution in [1.29, 1.82) is 0 Å². The van der Waals surface area contributed by atoms with Crippen LogP contribution < -0.4 is 19.7 Å². The van der Waals surface area contributed by atoms with Crippen molar-refractivity contribution in [3.63, 3.8) is 0 Å². The summed E-state index contributed by atoms with van der Waals surface area (Å²) in [6, 6.07) is 15.0. The van der Waals surface area contributed by atoms with Gasteiger partial charge in [0.2, 0.25) is 0 Å². The number of para-hydroxylation sites is 4. The predicted molar refractivity (Wildman–Crippen MR) is 106 cm³/mol. The van der Waals surface area contributed by atoms with E-state index >= 15 is 0 Å². The van der Waals surface area contributed by atoms with Crippen molar-refractivity contribution in [2.24, 2.45) is 0 Å². The number of methoxy groups -OCH3 is 1. The number of ether oxygens (including phenoxy) is 2. The van der Waals surface area contributed by atoms with Gasteiger partial charge in [0, 0.05) is 26.2 Å². The predicted octanol–water partition coefficient (Wildman–Crippen LogP) is 2.13. The van der Waals surface area contributed by atoms with Crippen LogP contribution in [0, 0.1) is 0 Å². The number of carbonyl (C=O) groups excluding carboxylic acids is 2. The van der Waals surface area contributed by atoms with Crippen LogP contribution in [-0.2, 0) is 9.59 Å². The molecule has 1 saturated heterocycles. The first kappa shape index (κ1) is 18.2. The SMILES string of the molecule is COc1ccccc1N1CCN(C(=O)C2(C)Oc3ccccc3NC2=O)CC1. The fourth-order valence-electron chi connectivity index (χ4n) is 3.65. The molecule has 2 heterocycles. The Hall–Kier alpha value is -3.22. The summed E-state index contributed by atoms with van der Waals surface area (Å²) in [6.07, 6.45) is 0. The number of fused-ring (bicyclic) bond motifs is 1. The number of rotatable bonds is 3. The number of carbonyl (C=O) groups is 2. The Morgan fingerprint density at radius 2 is 1.75 bits per heavy atom. The van der Waals surface area contributed by atoms with Crippen molar-refractivity contribution >= 4 is 23.2 Å². The van der Waals surface area contributed by atoms with Crippen LogP contribution in [-0.4, -0.2) is 55.6 Å². The van der Waals surface area contributed by atoms with Gasteiger partial charge in [0.1, 0.15) is 11.5 Å². The van der Waals surface area contributed by atoms with E-state index in [-0.39, 0.29) is 5.91 Å². The first-order valence-corrected chi connectivity index (χ1v) is 9.30. The van der Waals surface area contributed by atoms with E-state index in [1.807, 2.05) is 36.4 Å². The lowest BCUT2D eigenvalue weighted by atomic mass is 10.00. The quantitative estimate of drug-likeness (QED) is 0.825. The summed E-state index contributed by atoms with van der Waals surface area (Å²) in [5, 5.41) is 2.78. The second kappa shape index (κ2) is 7.07. The highest BCUT2D eigenvalue weighted by atomic mass is 16.5. The van der Waals surface area contributed by atoms with Crippen molar-refractivity contribution in [3.05, 3.63) is 48.5 Å². The van der Waals surface area contributed by atoms with Crippen molar-refractivity contribution in [2.45, 2.75) is 12.5 Å². The number of hydrogen-bond acceptors (Lipinski definition) is 5. The van der Waals surface area contributed by atoms with Crippen LogP contribution in [0.25, 0.3) is 0 Å². The Balaban J connectivity index is 1.48. The van der Waals surface area contributed by atoms with Crippen LogP contribution in [0.5, 0.6) is 11.5 Å². The largest absolute Gasteiger partial charge is 0.495 e. The number of benzene rings is 2. The monoisotopic (exact) mass is 381 g/mol. The van der Waals surface area contributed by atoms with Crippen molar-refractivity contribution < 1.29 is 19.1 Å².